The zero-order chi connectivity index (χ0) is 8.69. The van der Waals surface area contributed by atoms with Gasteiger partial charge < -0.3 is 0 Å². The first-order chi connectivity index (χ1) is 5.16. The lowest BCUT2D eigenvalue weighted by Crippen LogP contribution is -1.85. The van der Waals surface area contributed by atoms with E-state index in [1.807, 2.05) is 6.08 Å². The molecule has 0 N–H and O–H groups in total. The molecular weight excluding hydrogens is 226 g/mol. The molecule has 0 aliphatic carbocycles. The molecule has 0 bridgehead atoms. The van der Waals surface area contributed by atoms with Gasteiger partial charge in [0.05, 0.1) is 0 Å². The molecule has 0 aromatic heterocycles. The standard InChI is InChI=1S/C7H10Cl4/c8-4-2-1-3-6(9)5-7(10)11/h3,7H,1-2,4-5H2/b6-3-. The summed E-state index contributed by atoms with van der Waals surface area (Å²) in [6, 6.07) is 0. The largest absolute Gasteiger partial charge is 0.127 e. The second-order valence-corrected chi connectivity index (χ2v) is 4.22. The summed E-state index contributed by atoms with van der Waals surface area (Å²) in [6.07, 6.45) is 4.25. The first-order valence-electron chi connectivity index (χ1n) is 3.35. The molecule has 0 aromatic carbocycles. The zero-order valence-electron chi connectivity index (χ0n) is 5.99. The fourth-order valence-corrected chi connectivity index (χ4v) is 1.47. The fourth-order valence-electron chi connectivity index (χ4n) is 0.567. The average Bonchev–Trinajstić information content (AvgIpc) is 1.86. The number of unbranched alkanes of at least 4 members (excludes halogenated alkanes) is 1. The van der Waals surface area contributed by atoms with Crippen molar-refractivity contribution in [2.24, 2.45) is 0 Å². The van der Waals surface area contributed by atoms with Crippen LogP contribution in [-0.4, -0.2) is 10.7 Å². The van der Waals surface area contributed by atoms with Crippen molar-refractivity contribution in [2.75, 3.05) is 5.88 Å². The molecule has 0 aliphatic rings. The Morgan fingerprint density at radius 1 is 1.36 bits per heavy atom. The quantitative estimate of drug-likeness (QED) is 0.492. The first-order valence-corrected chi connectivity index (χ1v) is 5.14. The number of hydrogen-bond donors (Lipinski definition) is 0. The molecule has 0 rings (SSSR count). The summed E-state index contributed by atoms with van der Waals surface area (Å²) in [6.45, 7) is 0. The maximum atomic E-state index is 5.76. The molecule has 4 heteroatoms. The van der Waals surface area contributed by atoms with Crippen LogP contribution in [0.15, 0.2) is 11.1 Å². The van der Waals surface area contributed by atoms with Crippen LogP contribution >= 0.6 is 46.4 Å². The highest BCUT2D eigenvalue weighted by molar-refractivity contribution is 6.45. The van der Waals surface area contributed by atoms with Crippen molar-refractivity contribution in [2.45, 2.75) is 24.1 Å². The van der Waals surface area contributed by atoms with Crippen LogP contribution in [0.5, 0.6) is 0 Å². The van der Waals surface area contributed by atoms with E-state index in [0.29, 0.717) is 17.3 Å². The molecule has 0 aliphatic heterocycles. The Hall–Kier alpha value is 0.900. The van der Waals surface area contributed by atoms with Gasteiger partial charge in [0.1, 0.15) is 4.84 Å². The molecule has 0 radical (unpaired) electrons. The van der Waals surface area contributed by atoms with E-state index in [1.165, 1.54) is 0 Å². The van der Waals surface area contributed by atoms with E-state index in [4.69, 9.17) is 46.4 Å². The predicted octanol–water partition coefficient (Wildman–Crippen LogP) is 4.32. The average molecular weight is 236 g/mol. The monoisotopic (exact) mass is 234 g/mol. The Labute approximate surface area is 87.5 Å². The Kier molecular flexibility index (Phi) is 8.16. The molecule has 0 saturated heterocycles. The normalized spacial score (nSPS) is 12.6. The molecule has 0 amide bonds. The second-order valence-electron chi connectivity index (χ2n) is 2.08. The van der Waals surface area contributed by atoms with Crippen molar-refractivity contribution in [3.63, 3.8) is 0 Å². The van der Waals surface area contributed by atoms with Gasteiger partial charge in [0.15, 0.2) is 0 Å². The summed E-state index contributed by atoms with van der Waals surface area (Å²) in [7, 11) is 0. The Morgan fingerprint density at radius 2 is 2.00 bits per heavy atom. The summed E-state index contributed by atoms with van der Waals surface area (Å²) in [4.78, 5) is -0.408. The molecule has 11 heavy (non-hydrogen) atoms. The summed E-state index contributed by atoms with van der Waals surface area (Å²) >= 11 is 22.2. The number of allylic oxidation sites excluding steroid dienone is 2. The van der Waals surface area contributed by atoms with Crippen molar-refractivity contribution in [3.05, 3.63) is 11.1 Å². The lowest BCUT2D eigenvalue weighted by Gasteiger charge is -1.98. The van der Waals surface area contributed by atoms with Crippen molar-refractivity contribution >= 4 is 46.4 Å². The predicted molar refractivity (Wildman–Crippen MR) is 54.0 cm³/mol. The number of hydrogen-bond acceptors (Lipinski definition) is 0. The van der Waals surface area contributed by atoms with Gasteiger partial charge in [0.2, 0.25) is 0 Å². The number of rotatable bonds is 5. The molecule has 0 unspecified atom stereocenters. The van der Waals surface area contributed by atoms with E-state index in [2.05, 4.69) is 0 Å². The van der Waals surface area contributed by atoms with Crippen LogP contribution in [0.25, 0.3) is 0 Å². The molecule has 0 atom stereocenters. The molecule has 0 nitrogen and oxygen atoms in total. The van der Waals surface area contributed by atoms with Crippen LogP contribution in [-0.2, 0) is 0 Å². The van der Waals surface area contributed by atoms with Crippen LogP contribution in [0.1, 0.15) is 19.3 Å². The van der Waals surface area contributed by atoms with E-state index >= 15 is 0 Å². The fraction of sp³-hybridized carbons (Fsp3) is 0.714. The van der Waals surface area contributed by atoms with Gasteiger partial charge in [-0.3, -0.25) is 0 Å². The summed E-state index contributed by atoms with van der Waals surface area (Å²) in [5.41, 5.74) is 0. The Morgan fingerprint density at radius 3 is 2.45 bits per heavy atom. The lowest BCUT2D eigenvalue weighted by molar-refractivity contribution is 0.952. The smallest absolute Gasteiger partial charge is 0.112 e. The number of alkyl halides is 3. The van der Waals surface area contributed by atoms with Gasteiger partial charge in [-0.2, -0.15) is 0 Å². The third-order valence-corrected chi connectivity index (χ3v) is 1.94. The van der Waals surface area contributed by atoms with Gasteiger partial charge in [-0.05, 0) is 12.8 Å². The highest BCUT2D eigenvalue weighted by atomic mass is 35.5. The maximum Gasteiger partial charge on any atom is 0.112 e. The molecule has 0 fully saturated rings. The van der Waals surface area contributed by atoms with Gasteiger partial charge >= 0.3 is 0 Å². The minimum Gasteiger partial charge on any atom is -0.127 e. The van der Waals surface area contributed by atoms with Crippen molar-refractivity contribution in [1.82, 2.24) is 0 Å². The zero-order valence-corrected chi connectivity index (χ0v) is 9.02. The second kappa shape index (κ2) is 7.54. The Bertz CT molecular complexity index is 120. The molecular formula is C7H10Cl4. The third-order valence-electron chi connectivity index (χ3n) is 1.05. The SMILES string of the molecule is ClCCC/C=C(\Cl)CC(Cl)Cl. The molecule has 66 valence electrons. The highest BCUT2D eigenvalue weighted by Gasteiger charge is 2.00. The minimum absolute atomic E-state index is 0.408. The van der Waals surface area contributed by atoms with Crippen LogP contribution in [0.4, 0.5) is 0 Å². The van der Waals surface area contributed by atoms with E-state index in [-0.39, 0.29) is 0 Å². The van der Waals surface area contributed by atoms with Crippen LogP contribution < -0.4 is 0 Å². The molecule has 0 heterocycles. The van der Waals surface area contributed by atoms with Crippen LogP contribution in [0.2, 0.25) is 0 Å². The minimum atomic E-state index is -0.408. The van der Waals surface area contributed by atoms with Gasteiger partial charge in [-0.1, -0.05) is 17.7 Å². The third kappa shape index (κ3) is 8.81. The van der Waals surface area contributed by atoms with Gasteiger partial charge in [-0.25, -0.2) is 0 Å². The summed E-state index contributed by atoms with van der Waals surface area (Å²) < 4.78 is 0. The van der Waals surface area contributed by atoms with E-state index < -0.39 is 4.84 Å². The maximum absolute atomic E-state index is 5.76. The Balaban J connectivity index is 3.46. The van der Waals surface area contributed by atoms with Gasteiger partial charge in [0.25, 0.3) is 0 Å². The highest BCUT2D eigenvalue weighted by Crippen LogP contribution is 2.18. The van der Waals surface area contributed by atoms with E-state index in [0.717, 1.165) is 12.8 Å². The van der Waals surface area contributed by atoms with E-state index in [9.17, 15) is 0 Å². The van der Waals surface area contributed by atoms with Gasteiger partial charge in [0, 0.05) is 17.3 Å². The summed E-state index contributed by atoms with van der Waals surface area (Å²) in [5, 5.41) is 0.713. The van der Waals surface area contributed by atoms with Crippen LogP contribution in [0.3, 0.4) is 0 Å². The van der Waals surface area contributed by atoms with E-state index in [1.54, 1.807) is 0 Å². The lowest BCUT2D eigenvalue weighted by atomic mass is 10.3. The van der Waals surface area contributed by atoms with Crippen molar-refractivity contribution < 1.29 is 0 Å². The van der Waals surface area contributed by atoms with Crippen LogP contribution in [0, 0.1) is 0 Å². The number of halogens is 4. The van der Waals surface area contributed by atoms with Crippen molar-refractivity contribution in [1.29, 1.82) is 0 Å². The molecule has 0 spiro atoms. The van der Waals surface area contributed by atoms with Crippen molar-refractivity contribution in [3.8, 4) is 0 Å². The molecule has 0 saturated carbocycles. The first kappa shape index (κ1) is 11.9. The molecule has 0 aromatic rings. The topological polar surface area (TPSA) is 0 Å². The summed E-state index contributed by atoms with van der Waals surface area (Å²) in [5.74, 6) is 0.659. The van der Waals surface area contributed by atoms with Gasteiger partial charge in [-0.15, -0.1) is 34.8 Å².